The van der Waals surface area contributed by atoms with E-state index in [1.807, 2.05) is 7.05 Å². The van der Waals surface area contributed by atoms with Gasteiger partial charge in [-0.2, -0.15) is 0 Å². The molecule has 0 atom stereocenters. The molecule has 0 amide bonds. The monoisotopic (exact) mass is 313 g/mol. The van der Waals surface area contributed by atoms with Gasteiger partial charge >= 0.3 is 101 Å². The van der Waals surface area contributed by atoms with Crippen molar-refractivity contribution in [3.05, 3.63) is 54.6 Å². The van der Waals surface area contributed by atoms with E-state index in [2.05, 4.69) is 59.9 Å². The van der Waals surface area contributed by atoms with E-state index in [4.69, 9.17) is 0 Å². The van der Waals surface area contributed by atoms with Crippen LogP contribution in [0.15, 0.2) is 54.6 Å². The molecule has 15 heavy (non-hydrogen) atoms. The predicted molar refractivity (Wildman–Crippen MR) is 67.5 cm³/mol. The summed E-state index contributed by atoms with van der Waals surface area (Å²) in [5, 5.41) is 3.13. The molecule has 0 spiro atoms. The summed E-state index contributed by atoms with van der Waals surface area (Å²) in [6.07, 6.45) is 0. The van der Waals surface area contributed by atoms with Gasteiger partial charge in [0.2, 0.25) is 0 Å². The Labute approximate surface area is 101 Å². The van der Waals surface area contributed by atoms with Crippen molar-refractivity contribution in [3.8, 4) is 0 Å². The Balaban J connectivity index is 2.11. The van der Waals surface area contributed by atoms with Crippen molar-refractivity contribution < 1.29 is 0 Å². The predicted octanol–water partition coefficient (Wildman–Crippen LogP) is 1.38. The van der Waals surface area contributed by atoms with Gasteiger partial charge in [-0.25, -0.2) is 0 Å². The van der Waals surface area contributed by atoms with Crippen LogP contribution < -0.4 is 12.5 Å². The van der Waals surface area contributed by atoms with Gasteiger partial charge in [0.15, 0.2) is 0 Å². The van der Waals surface area contributed by atoms with Crippen LogP contribution in [0.4, 0.5) is 5.69 Å². The number of hydrogen-bond acceptors (Lipinski definition) is 1. The van der Waals surface area contributed by atoms with Crippen molar-refractivity contribution in [3.63, 3.8) is 0 Å². The van der Waals surface area contributed by atoms with Gasteiger partial charge in [-0.15, -0.1) is 0 Å². The van der Waals surface area contributed by atoms with E-state index in [0.29, 0.717) is 0 Å². The Hall–Kier alpha value is -0.970. The molecule has 0 heterocycles. The van der Waals surface area contributed by atoms with Crippen molar-refractivity contribution >= 4 is 33.8 Å². The standard InChI is InChI=1S/C13H13NTe/c1-14-11-7-9-13(10-8-11)15-12-5-3-2-4-6-12/h2-10,14H,1H3. The van der Waals surface area contributed by atoms with Crippen molar-refractivity contribution in [2.24, 2.45) is 0 Å². The van der Waals surface area contributed by atoms with Crippen LogP contribution in [0.3, 0.4) is 0 Å². The molecule has 0 aliphatic heterocycles. The minimum absolute atomic E-state index is 0.203. The van der Waals surface area contributed by atoms with E-state index in [0.717, 1.165) is 0 Å². The molecule has 0 fully saturated rings. The summed E-state index contributed by atoms with van der Waals surface area (Å²) < 4.78 is 2.96. The molecular formula is C13H13NTe. The van der Waals surface area contributed by atoms with Crippen LogP contribution in [0.25, 0.3) is 0 Å². The molecule has 0 unspecified atom stereocenters. The van der Waals surface area contributed by atoms with E-state index >= 15 is 0 Å². The third kappa shape index (κ3) is 2.99. The van der Waals surface area contributed by atoms with Gasteiger partial charge in [0.25, 0.3) is 0 Å². The van der Waals surface area contributed by atoms with Gasteiger partial charge in [0, 0.05) is 0 Å². The summed E-state index contributed by atoms with van der Waals surface area (Å²) in [6, 6.07) is 19.5. The molecule has 0 aliphatic rings. The Morgan fingerprint density at radius 3 is 2.00 bits per heavy atom. The molecule has 0 aliphatic carbocycles. The van der Waals surface area contributed by atoms with E-state index < -0.39 is 0 Å². The Kier molecular flexibility index (Phi) is 3.66. The fourth-order valence-electron chi connectivity index (χ4n) is 1.31. The maximum absolute atomic E-state index is 3.13. The van der Waals surface area contributed by atoms with Crippen LogP contribution in [0.5, 0.6) is 0 Å². The zero-order valence-corrected chi connectivity index (χ0v) is 10.9. The zero-order valence-electron chi connectivity index (χ0n) is 8.60. The molecule has 76 valence electrons. The molecule has 2 aromatic carbocycles. The maximum atomic E-state index is 3.13. The molecule has 1 nitrogen and oxygen atoms in total. The second-order valence-electron chi connectivity index (χ2n) is 3.19. The van der Waals surface area contributed by atoms with Gasteiger partial charge in [0.1, 0.15) is 0 Å². The van der Waals surface area contributed by atoms with E-state index in [-0.39, 0.29) is 20.9 Å². The fraction of sp³-hybridized carbons (Fsp3) is 0.0769. The average Bonchev–Trinajstić information content (AvgIpc) is 2.31. The molecule has 2 aromatic rings. The first-order valence-electron chi connectivity index (χ1n) is 4.89. The van der Waals surface area contributed by atoms with Gasteiger partial charge in [-0.1, -0.05) is 0 Å². The Bertz CT molecular complexity index is 408. The van der Waals surface area contributed by atoms with Crippen LogP contribution in [0.2, 0.25) is 0 Å². The number of anilines is 1. The van der Waals surface area contributed by atoms with Crippen molar-refractivity contribution in [1.82, 2.24) is 0 Å². The first-order chi connectivity index (χ1) is 7.38. The molecule has 0 saturated carbocycles. The topological polar surface area (TPSA) is 12.0 Å². The summed E-state index contributed by atoms with van der Waals surface area (Å²) in [6.45, 7) is 0. The van der Waals surface area contributed by atoms with Crippen molar-refractivity contribution in [1.29, 1.82) is 0 Å². The summed E-state index contributed by atoms with van der Waals surface area (Å²) in [5.41, 5.74) is 1.18. The summed E-state index contributed by atoms with van der Waals surface area (Å²) >= 11 is -0.203. The number of nitrogens with one attached hydrogen (secondary N) is 1. The van der Waals surface area contributed by atoms with Crippen molar-refractivity contribution in [2.45, 2.75) is 0 Å². The van der Waals surface area contributed by atoms with Crippen LogP contribution in [-0.4, -0.2) is 28.0 Å². The third-order valence-electron chi connectivity index (χ3n) is 2.12. The molecule has 0 aromatic heterocycles. The molecule has 0 saturated heterocycles. The zero-order chi connectivity index (χ0) is 10.5. The Morgan fingerprint density at radius 1 is 0.800 bits per heavy atom. The SMILES string of the molecule is CNc1ccc([Te]c2ccccc2)cc1. The van der Waals surface area contributed by atoms with Gasteiger partial charge in [-0.3, -0.25) is 0 Å². The summed E-state index contributed by atoms with van der Waals surface area (Å²) in [4.78, 5) is 0. The third-order valence-corrected chi connectivity index (χ3v) is 5.02. The van der Waals surface area contributed by atoms with E-state index in [1.165, 1.54) is 12.9 Å². The quantitative estimate of drug-likeness (QED) is 0.845. The van der Waals surface area contributed by atoms with Crippen LogP contribution in [0, 0.1) is 0 Å². The minimum atomic E-state index is -0.203. The second kappa shape index (κ2) is 5.21. The number of benzene rings is 2. The molecule has 2 heteroatoms. The fourth-order valence-corrected chi connectivity index (χ4v) is 3.70. The molecule has 0 bridgehead atoms. The molecule has 0 radical (unpaired) electrons. The van der Waals surface area contributed by atoms with Gasteiger partial charge < -0.3 is 0 Å². The normalized spacial score (nSPS) is 9.93. The molecule has 1 N–H and O–H groups in total. The van der Waals surface area contributed by atoms with Crippen LogP contribution >= 0.6 is 0 Å². The molecule has 2 rings (SSSR count). The van der Waals surface area contributed by atoms with E-state index in [9.17, 15) is 0 Å². The Morgan fingerprint density at radius 2 is 1.40 bits per heavy atom. The first kappa shape index (κ1) is 10.5. The number of rotatable bonds is 3. The molecular weight excluding hydrogens is 298 g/mol. The second-order valence-corrected chi connectivity index (χ2v) is 6.46. The van der Waals surface area contributed by atoms with Crippen molar-refractivity contribution in [2.75, 3.05) is 12.4 Å². The summed E-state index contributed by atoms with van der Waals surface area (Å²) in [5.74, 6) is 0. The van der Waals surface area contributed by atoms with Crippen LogP contribution in [0.1, 0.15) is 0 Å². The number of hydrogen-bond donors (Lipinski definition) is 1. The average molecular weight is 311 g/mol. The van der Waals surface area contributed by atoms with Gasteiger partial charge in [0.05, 0.1) is 0 Å². The van der Waals surface area contributed by atoms with E-state index in [1.54, 1.807) is 0 Å². The van der Waals surface area contributed by atoms with Gasteiger partial charge in [-0.05, 0) is 0 Å². The van der Waals surface area contributed by atoms with Crippen LogP contribution in [-0.2, 0) is 0 Å². The summed E-state index contributed by atoms with van der Waals surface area (Å²) in [7, 11) is 1.95. The first-order valence-corrected chi connectivity index (χ1v) is 7.22.